The van der Waals surface area contributed by atoms with E-state index < -0.39 is 17.1 Å². The molecular weight excluding hydrogens is 414 g/mol. The van der Waals surface area contributed by atoms with Gasteiger partial charge in [-0.15, -0.1) is 0 Å². The number of piperidine rings is 1. The molecule has 1 aliphatic rings. The van der Waals surface area contributed by atoms with E-state index in [0.29, 0.717) is 30.2 Å². The van der Waals surface area contributed by atoms with Crippen LogP contribution >= 0.6 is 11.6 Å². The topological polar surface area (TPSA) is 74.6 Å². The zero-order valence-electron chi connectivity index (χ0n) is 18.9. The first kappa shape index (κ1) is 23.4. The third-order valence-electron chi connectivity index (χ3n) is 6.48. The van der Waals surface area contributed by atoms with E-state index in [1.165, 1.54) is 0 Å². The summed E-state index contributed by atoms with van der Waals surface area (Å²) >= 11 is 6.01. The summed E-state index contributed by atoms with van der Waals surface area (Å²) in [7, 11) is 1.80. The molecule has 6 nitrogen and oxygen atoms in total. The molecule has 1 fully saturated rings. The predicted octanol–water partition coefficient (Wildman–Crippen LogP) is 3.58. The Hall–Kier alpha value is -2.31. The number of benzene rings is 1. The van der Waals surface area contributed by atoms with Crippen LogP contribution in [0.15, 0.2) is 42.6 Å². The monoisotopic (exact) mass is 445 g/mol. The normalized spacial score (nSPS) is 21.7. The van der Waals surface area contributed by atoms with Crippen LogP contribution in [-0.2, 0) is 17.4 Å². The molecule has 2 amide bonds. The minimum atomic E-state index is -1.08. The van der Waals surface area contributed by atoms with E-state index in [9.17, 15) is 14.7 Å². The summed E-state index contributed by atoms with van der Waals surface area (Å²) in [6, 6.07) is 10.1. The Morgan fingerprint density at radius 2 is 1.81 bits per heavy atom. The Morgan fingerprint density at radius 1 is 1.16 bits per heavy atom. The number of aryl methyl sites for hydroxylation is 1. The third-order valence-corrected chi connectivity index (χ3v) is 6.73. The summed E-state index contributed by atoms with van der Waals surface area (Å²) in [5, 5.41) is 15.1. The van der Waals surface area contributed by atoms with E-state index in [2.05, 4.69) is 5.32 Å². The number of aliphatic hydroxyl groups is 1. The molecule has 1 saturated heterocycles. The number of nitrogens with one attached hydrogen (secondary N) is 1. The SMILES string of the molecule is CC(C)[C@@H](NC(=O)c1cccn1C)C(=O)N1CC[C@](O)(c2ccc(Cl)cc2)C(C)(C)C1. The Kier molecular flexibility index (Phi) is 6.53. The van der Waals surface area contributed by atoms with Gasteiger partial charge in [-0.05, 0) is 42.2 Å². The van der Waals surface area contributed by atoms with Crippen molar-refractivity contribution >= 4 is 23.4 Å². The van der Waals surface area contributed by atoms with Crippen LogP contribution < -0.4 is 5.32 Å². The summed E-state index contributed by atoms with van der Waals surface area (Å²) in [4.78, 5) is 27.9. The maximum atomic E-state index is 13.4. The van der Waals surface area contributed by atoms with Crippen LogP contribution in [0.3, 0.4) is 0 Å². The lowest BCUT2D eigenvalue weighted by molar-refractivity contribution is -0.155. The van der Waals surface area contributed by atoms with Gasteiger partial charge in [0.25, 0.3) is 5.91 Å². The quantitative estimate of drug-likeness (QED) is 0.738. The number of hydrogen-bond donors (Lipinski definition) is 2. The van der Waals surface area contributed by atoms with Gasteiger partial charge in [-0.3, -0.25) is 9.59 Å². The van der Waals surface area contributed by atoms with Gasteiger partial charge in [0.05, 0.1) is 5.60 Å². The molecule has 0 spiro atoms. The van der Waals surface area contributed by atoms with Crippen LogP contribution in [0.1, 0.15) is 50.2 Å². The fourth-order valence-electron chi connectivity index (χ4n) is 4.39. The lowest BCUT2D eigenvalue weighted by Crippen LogP contribution is -2.60. The number of hydrogen-bond acceptors (Lipinski definition) is 3. The van der Waals surface area contributed by atoms with Crippen molar-refractivity contribution in [1.29, 1.82) is 0 Å². The highest BCUT2D eigenvalue weighted by molar-refractivity contribution is 6.30. The van der Waals surface area contributed by atoms with Gasteiger partial charge in [0, 0.05) is 36.8 Å². The minimum absolute atomic E-state index is 0.0723. The van der Waals surface area contributed by atoms with Crippen LogP contribution in [-0.4, -0.2) is 45.5 Å². The maximum Gasteiger partial charge on any atom is 0.268 e. The maximum absolute atomic E-state index is 13.4. The summed E-state index contributed by atoms with van der Waals surface area (Å²) in [6.45, 7) is 8.57. The molecule has 0 radical (unpaired) electrons. The molecule has 0 aliphatic carbocycles. The summed E-state index contributed by atoms with van der Waals surface area (Å²) in [5.74, 6) is -0.464. The predicted molar refractivity (Wildman–Crippen MR) is 122 cm³/mol. The molecule has 7 heteroatoms. The molecule has 168 valence electrons. The van der Waals surface area contributed by atoms with Gasteiger partial charge in [0.1, 0.15) is 11.7 Å². The fraction of sp³-hybridized carbons (Fsp3) is 0.500. The Bertz CT molecular complexity index is 951. The largest absolute Gasteiger partial charge is 0.384 e. The number of halogens is 1. The second kappa shape index (κ2) is 8.67. The fourth-order valence-corrected chi connectivity index (χ4v) is 4.52. The molecule has 0 bridgehead atoms. The summed E-state index contributed by atoms with van der Waals surface area (Å²) in [5.41, 5.74) is -0.354. The second-order valence-corrected chi connectivity index (χ2v) is 9.90. The zero-order chi connectivity index (χ0) is 23.0. The molecule has 1 aromatic carbocycles. The van der Waals surface area contributed by atoms with Crippen LogP contribution in [0, 0.1) is 11.3 Å². The Labute approximate surface area is 189 Å². The first-order chi connectivity index (χ1) is 14.5. The molecule has 0 saturated carbocycles. The van der Waals surface area contributed by atoms with Crippen LogP contribution in [0.25, 0.3) is 0 Å². The van der Waals surface area contributed by atoms with Crippen molar-refractivity contribution in [2.45, 2.75) is 45.8 Å². The number of carbonyl (C=O) groups excluding carboxylic acids is 2. The summed E-state index contributed by atoms with van der Waals surface area (Å²) in [6.07, 6.45) is 2.20. The first-order valence-corrected chi connectivity index (χ1v) is 11.0. The third kappa shape index (κ3) is 4.51. The van der Waals surface area contributed by atoms with E-state index in [0.717, 1.165) is 5.56 Å². The first-order valence-electron chi connectivity index (χ1n) is 10.7. The van der Waals surface area contributed by atoms with Gasteiger partial charge in [0.2, 0.25) is 5.91 Å². The Morgan fingerprint density at radius 3 is 2.32 bits per heavy atom. The molecule has 2 atom stereocenters. The van der Waals surface area contributed by atoms with Crippen molar-refractivity contribution in [2.75, 3.05) is 13.1 Å². The van der Waals surface area contributed by atoms with Crippen molar-refractivity contribution < 1.29 is 14.7 Å². The molecular formula is C24H32ClN3O3. The van der Waals surface area contributed by atoms with E-state index in [1.54, 1.807) is 47.0 Å². The zero-order valence-corrected chi connectivity index (χ0v) is 19.6. The standard InChI is InChI=1S/C24H32ClN3O3/c1-16(2)20(26-21(29)19-7-6-13-27(19)5)22(30)28-14-12-24(31,23(3,4)15-28)17-8-10-18(25)11-9-17/h6-11,13,16,20,31H,12,14-15H2,1-5H3,(H,26,29)/t20-,24+/m1/s1. The van der Waals surface area contributed by atoms with Crippen molar-refractivity contribution in [3.63, 3.8) is 0 Å². The lowest BCUT2D eigenvalue weighted by atomic mass is 9.66. The van der Waals surface area contributed by atoms with Gasteiger partial charge < -0.3 is 19.9 Å². The van der Waals surface area contributed by atoms with Crippen molar-refractivity contribution in [3.8, 4) is 0 Å². The summed E-state index contributed by atoms with van der Waals surface area (Å²) < 4.78 is 1.73. The number of amides is 2. The Balaban J connectivity index is 1.77. The molecule has 0 unspecified atom stereocenters. The highest BCUT2D eigenvalue weighted by Crippen LogP contribution is 2.46. The molecule has 2 heterocycles. The number of nitrogens with zero attached hydrogens (tertiary/aromatic N) is 2. The highest BCUT2D eigenvalue weighted by atomic mass is 35.5. The van der Waals surface area contributed by atoms with Crippen LogP contribution in [0.4, 0.5) is 0 Å². The smallest absolute Gasteiger partial charge is 0.268 e. The highest BCUT2D eigenvalue weighted by Gasteiger charge is 2.50. The number of likely N-dealkylation sites (tertiary alicyclic amines) is 1. The van der Waals surface area contributed by atoms with Crippen molar-refractivity contribution in [2.24, 2.45) is 18.4 Å². The molecule has 1 aliphatic heterocycles. The second-order valence-electron chi connectivity index (χ2n) is 9.46. The van der Waals surface area contributed by atoms with Crippen molar-refractivity contribution in [1.82, 2.24) is 14.8 Å². The minimum Gasteiger partial charge on any atom is -0.384 e. The molecule has 1 aromatic heterocycles. The number of carbonyl (C=O) groups is 2. The number of aromatic nitrogens is 1. The molecule has 2 N–H and O–H groups in total. The average molecular weight is 446 g/mol. The van der Waals surface area contributed by atoms with E-state index in [-0.39, 0.29) is 17.7 Å². The lowest BCUT2D eigenvalue weighted by Gasteiger charge is -2.51. The van der Waals surface area contributed by atoms with Crippen LogP contribution in [0.5, 0.6) is 0 Å². The average Bonchev–Trinajstić information content (AvgIpc) is 3.13. The van der Waals surface area contributed by atoms with Crippen LogP contribution in [0.2, 0.25) is 5.02 Å². The van der Waals surface area contributed by atoms with Gasteiger partial charge in [-0.1, -0.05) is 51.4 Å². The van der Waals surface area contributed by atoms with E-state index in [1.807, 2.05) is 39.8 Å². The molecule has 3 rings (SSSR count). The van der Waals surface area contributed by atoms with Gasteiger partial charge in [-0.2, -0.15) is 0 Å². The van der Waals surface area contributed by atoms with Gasteiger partial charge >= 0.3 is 0 Å². The molecule has 31 heavy (non-hydrogen) atoms. The van der Waals surface area contributed by atoms with Crippen molar-refractivity contribution in [3.05, 3.63) is 58.9 Å². The molecule has 2 aromatic rings. The van der Waals surface area contributed by atoms with Gasteiger partial charge in [-0.25, -0.2) is 0 Å². The van der Waals surface area contributed by atoms with E-state index >= 15 is 0 Å². The van der Waals surface area contributed by atoms with Gasteiger partial charge in [0.15, 0.2) is 0 Å². The number of rotatable bonds is 5. The van der Waals surface area contributed by atoms with E-state index in [4.69, 9.17) is 11.6 Å².